The van der Waals surface area contributed by atoms with Crippen LogP contribution >= 0.6 is 0 Å². The summed E-state index contributed by atoms with van der Waals surface area (Å²) in [6.07, 6.45) is 8.43. The molecule has 1 aromatic carbocycles. The molecule has 1 heterocycles. The fraction of sp³-hybridized carbons (Fsp3) is 0.429. The van der Waals surface area contributed by atoms with Gasteiger partial charge in [0.05, 0.1) is 16.8 Å². The molecule has 1 aliphatic carbocycles. The van der Waals surface area contributed by atoms with Gasteiger partial charge < -0.3 is 10.6 Å². The van der Waals surface area contributed by atoms with Crippen LogP contribution in [0.25, 0.3) is 0 Å². The van der Waals surface area contributed by atoms with Crippen molar-refractivity contribution >= 4 is 59.7 Å². The summed E-state index contributed by atoms with van der Waals surface area (Å²) < 4.78 is 26.9. The molecule has 3 N–H and O–H groups in total. The molecule has 1 saturated carbocycles. The fourth-order valence-corrected chi connectivity index (χ4v) is 4.31. The topological polar surface area (TPSA) is 130 Å². The zero-order valence-electron chi connectivity index (χ0n) is 17.4. The molecular weight excluding hydrogens is 458 g/mol. The number of carbonyl (C=O) groups is 2. The zero-order valence-corrected chi connectivity index (χ0v) is 18.2. The molecule has 0 spiro atoms. The van der Waals surface area contributed by atoms with Crippen LogP contribution in [0, 0.1) is 6.92 Å². The Hall–Kier alpha value is -1.75. The second kappa shape index (κ2) is 12.5. The van der Waals surface area contributed by atoms with E-state index in [0.29, 0.717) is 13.0 Å². The standard InChI is InChI=1S/C21H27N5O4S.Ca.2H/c1-15-13-24-19(14-23-15)20(27)22-12-11-16-7-9-18(10-8-16)31(29,30)26-21(28)25-17-5-3-2-4-6-17;;;/h7-10,13-14,17H,2-6,11-12H2,1H3,(H,22,27)(H2,25,26,28);;;. The monoisotopic (exact) mass is 487 g/mol. The van der Waals surface area contributed by atoms with E-state index in [2.05, 4.69) is 25.3 Å². The normalized spacial score (nSPS) is 14.2. The van der Waals surface area contributed by atoms with Crippen molar-refractivity contribution in [2.75, 3.05) is 6.54 Å². The van der Waals surface area contributed by atoms with Gasteiger partial charge in [-0.2, -0.15) is 0 Å². The third-order valence-corrected chi connectivity index (χ3v) is 6.46. The van der Waals surface area contributed by atoms with Gasteiger partial charge in [0.25, 0.3) is 15.9 Å². The molecule has 9 nitrogen and oxygen atoms in total. The van der Waals surface area contributed by atoms with Crippen LogP contribution in [0.2, 0.25) is 0 Å². The first kappa shape index (κ1) is 26.5. The van der Waals surface area contributed by atoms with E-state index in [1.807, 2.05) is 0 Å². The van der Waals surface area contributed by atoms with E-state index in [1.54, 1.807) is 19.1 Å². The van der Waals surface area contributed by atoms with E-state index in [9.17, 15) is 18.0 Å². The number of nitrogens with one attached hydrogen (secondary N) is 3. The van der Waals surface area contributed by atoms with Crippen LogP contribution < -0.4 is 15.4 Å². The van der Waals surface area contributed by atoms with Gasteiger partial charge >= 0.3 is 43.8 Å². The molecule has 1 aromatic heterocycles. The third-order valence-electron chi connectivity index (χ3n) is 5.11. The van der Waals surface area contributed by atoms with Crippen LogP contribution in [-0.2, 0) is 16.4 Å². The Bertz CT molecular complexity index is 1010. The predicted octanol–water partition coefficient (Wildman–Crippen LogP) is 1.16. The molecule has 170 valence electrons. The van der Waals surface area contributed by atoms with Crippen LogP contribution in [-0.4, -0.2) is 80.6 Å². The van der Waals surface area contributed by atoms with E-state index >= 15 is 0 Å². The van der Waals surface area contributed by atoms with Gasteiger partial charge in [-0.25, -0.2) is 22.9 Å². The van der Waals surface area contributed by atoms with E-state index < -0.39 is 16.1 Å². The summed E-state index contributed by atoms with van der Waals surface area (Å²) in [5.41, 5.74) is 1.82. The first-order valence-electron chi connectivity index (χ1n) is 10.3. The number of nitrogens with zero attached hydrogens (tertiary/aromatic N) is 2. The molecule has 0 bridgehead atoms. The molecule has 2 aromatic rings. The average Bonchev–Trinajstić information content (AvgIpc) is 2.75. The van der Waals surface area contributed by atoms with E-state index in [1.165, 1.54) is 24.5 Å². The SMILES string of the molecule is Cc1cnc(C(=O)NCCc2ccc(S(=O)(=O)NC(=O)NC3CCCCC3)cc2)cn1.[CaH2]. The molecule has 1 fully saturated rings. The van der Waals surface area contributed by atoms with Crippen molar-refractivity contribution in [2.24, 2.45) is 0 Å². The van der Waals surface area contributed by atoms with Crippen molar-refractivity contribution in [1.82, 2.24) is 25.3 Å². The molecular formula is C21H29CaN5O4S. The summed E-state index contributed by atoms with van der Waals surface area (Å²) in [5, 5.41) is 5.48. The van der Waals surface area contributed by atoms with Gasteiger partial charge in [0, 0.05) is 18.8 Å². The molecule has 3 rings (SSSR count). The maximum atomic E-state index is 12.4. The Kier molecular flexibility index (Phi) is 10.3. The summed E-state index contributed by atoms with van der Waals surface area (Å²) in [7, 11) is -3.95. The first-order valence-corrected chi connectivity index (χ1v) is 11.8. The number of hydrogen-bond acceptors (Lipinski definition) is 6. The second-order valence-corrected chi connectivity index (χ2v) is 9.29. The second-order valence-electron chi connectivity index (χ2n) is 7.61. The van der Waals surface area contributed by atoms with Crippen molar-refractivity contribution in [3.05, 3.63) is 53.6 Å². The number of rotatable bonds is 7. The van der Waals surface area contributed by atoms with Crippen molar-refractivity contribution in [3.63, 3.8) is 0 Å². The molecule has 11 heteroatoms. The summed E-state index contributed by atoms with van der Waals surface area (Å²) in [6.45, 7) is 2.15. The Morgan fingerprint density at radius 3 is 2.34 bits per heavy atom. The number of urea groups is 1. The Morgan fingerprint density at radius 1 is 1.03 bits per heavy atom. The van der Waals surface area contributed by atoms with Gasteiger partial charge in [0.1, 0.15) is 5.69 Å². The van der Waals surface area contributed by atoms with E-state index in [4.69, 9.17) is 0 Å². The van der Waals surface area contributed by atoms with Crippen LogP contribution in [0.3, 0.4) is 0 Å². The molecule has 0 saturated heterocycles. The minimum absolute atomic E-state index is 0. The predicted molar refractivity (Wildman–Crippen MR) is 124 cm³/mol. The molecule has 3 amide bonds. The van der Waals surface area contributed by atoms with Crippen molar-refractivity contribution in [3.8, 4) is 0 Å². The number of aryl methyl sites for hydroxylation is 1. The molecule has 0 unspecified atom stereocenters. The quantitative estimate of drug-likeness (QED) is 0.503. The summed E-state index contributed by atoms with van der Waals surface area (Å²) in [5.74, 6) is -0.320. The summed E-state index contributed by atoms with van der Waals surface area (Å²) in [6, 6.07) is 5.53. The zero-order chi connectivity index (χ0) is 22.3. The molecule has 0 aliphatic heterocycles. The van der Waals surface area contributed by atoms with E-state index in [-0.39, 0.29) is 60.3 Å². The molecule has 0 radical (unpaired) electrons. The van der Waals surface area contributed by atoms with Crippen LogP contribution in [0.1, 0.15) is 53.8 Å². The number of aromatic nitrogens is 2. The Morgan fingerprint density at radius 2 is 1.72 bits per heavy atom. The maximum absolute atomic E-state index is 12.4. The van der Waals surface area contributed by atoms with Gasteiger partial charge in [-0.1, -0.05) is 31.4 Å². The van der Waals surface area contributed by atoms with Gasteiger partial charge in [0.2, 0.25) is 0 Å². The van der Waals surface area contributed by atoms with Crippen molar-refractivity contribution in [1.29, 1.82) is 0 Å². The fourth-order valence-electron chi connectivity index (χ4n) is 3.40. The number of carbonyl (C=O) groups excluding carboxylic acids is 2. The van der Waals surface area contributed by atoms with Crippen molar-refractivity contribution < 1.29 is 18.0 Å². The van der Waals surface area contributed by atoms with Crippen LogP contribution in [0.5, 0.6) is 0 Å². The van der Waals surface area contributed by atoms with Gasteiger partial charge in [-0.15, -0.1) is 0 Å². The summed E-state index contributed by atoms with van der Waals surface area (Å²) >= 11 is 0. The van der Waals surface area contributed by atoms with Crippen LogP contribution in [0.15, 0.2) is 41.6 Å². The van der Waals surface area contributed by atoms with Gasteiger partial charge in [-0.3, -0.25) is 9.78 Å². The summed E-state index contributed by atoms with van der Waals surface area (Å²) in [4.78, 5) is 32.2. The van der Waals surface area contributed by atoms with Crippen molar-refractivity contribution in [2.45, 2.75) is 56.4 Å². The van der Waals surface area contributed by atoms with E-state index in [0.717, 1.165) is 43.4 Å². The molecule has 32 heavy (non-hydrogen) atoms. The third kappa shape index (κ3) is 7.99. The Labute approximate surface area is 218 Å². The van der Waals surface area contributed by atoms with Gasteiger partial charge in [0.15, 0.2) is 0 Å². The number of benzene rings is 1. The molecule has 0 atom stereocenters. The van der Waals surface area contributed by atoms with Crippen LogP contribution in [0.4, 0.5) is 4.79 Å². The number of amides is 3. The Balaban J connectivity index is 0.00000363. The minimum atomic E-state index is -3.95. The average molecular weight is 488 g/mol. The van der Waals surface area contributed by atoms with Gasteiger partial charge in [-0.05, 0) is 43.9 Å². The first-order chi connectivity index (χ1) is 14.8. The number of hydrogen-bond donors (Lipinski definition) is 3. The molecule has 1 aliphatic rings. The number of sulfonamides is 1.